The van der Waals surface area contributed by atoms with Crippen LogP contribution in [0.2, 0.25) is 0 Å². The first kappa shape index (κ1) is 18.5. The zero-order valence-corrected chi connectivity index (χ0v) is 16.2. The van der Waals surface area contributed by atoms with Crippen molar-refractivity contribution in [2.75, 3.05) is 5.75 Å². The first-order valence-corrected chi connectivity index (χ1v) is 10.1. The summed E-state index contributed by atoms with van der Waals surface area (Å²) in [6.07, 6.45) is 2.08. The van der Waals surface area contributed by atoms with Gasteiger partial charge >= 0.3 is 0 Å². The van der Waals surface area contributed by atoms with Crippen molar-refractivity contribution in [3.05, 3.63) is 41.9 Å². The fourth-order valence-electron chi connectivity index (χ4n) is 3.05. The van der Waals surface area contributed by atoms with Crippen molar-refractivity contribution >= 4 is 34.5 Å². The molecule has 1 aliphatic rings. The van der Waals surface area contributed by atoms with Crippen molar-refractivity contribution in [2.24, 2.45) is 5.73 Å². The maximum atomic E-state index is 12.4. The van der Waals surface area contributed by atoms with Gasteiger partial charge in [-0.05, 0) is 31.9 Å². The minimum atomic E-state index is -0.452. The van der Waals surface area contributed by atoms with Gasteiger partial charge in [-0.3, -0.25) is 14.2 Å². The molecule has 146 valence electrons. The normalized spacial score (nSPS) is 14.9. The molecule has 1 saturated carbocycles. The molecule has 0 radical (unpaired) electrons. The van der Waals surface area contributed by atoms with Crippen LogP contribution in [0.3, 0.4) is 0 Å². The van der Waals surface area contributed by atoms with Crippen molar-refractivity contribution in [3.63, 3.8) is 0 Å². The minimum Gasteiger partial charge on any atom is -0.459 e. The number of carbonyl (C=O) groups is 2. The van der Waals surface area contributed by atoms with Crippen molar-refractivity contribution in [3.8, 4) is 0 Å². The van der Waals surface area contributed by atoms with E-state index in [1.165, 1.54) is 11.8 Å². The Morgan fingerprint density at radius 2 is 2.14 bits per heavy atom. The summed E-state index contributed by atoms with van der Waals surface area (Å²) in [7, 11) is 0. The van der Waals surface area contributed by atoms with Crippen LogP contribution in [0.15, 0.2) is 39.9 Å². The highest BCUT2D eigenvalue weighted by Gasteiger charge is 2.31. The van der Waals surface area contributed by atoms with Gasteiger partial charge in [-0.15, -0.1) is 10.2 Å². The van der Waals surface area contributed by atoms with E-state index < -0.39 is 5.91 Å². The number of benzene rings is 1. The summed E-state index contributed by atoms with van der Waals surface area (Å²) < 4.78 is 7.52. The first-order chi connectivity index (χ1) is 13.5. The number of aromatic nitrogens is 3. The Bertz CT molecular complexity index is 991. The fraction of sp³-hybridized carbons (Fsp3) is 0.368. The van der Waals surface area contributed by atoms with E-state index in [2.05, 4.69) is 15.5 Å². The van der Waals surface area contributed by atoms with Crippen LogP contribution < -0.4 is 11.1 Å². The number of primary amides is 1. The number of furan rings is 1. The van der Waals surface area contributed by atoms with Crippen LogP contribution in [0.4, 0.5) is 0 Å². The smallest absolute Gasteiger partial charge is 0.237 e. The molecule has 0 spiro atoms. The largest absolute Gasteiger partial charge is 0.459 e. The number of amides is 2. The van der Waals surface area contributed by atoms with E-state index in [0.29, 0.717) is 16.8 Å². The molecular weight excluding hydrogens is 378 g/mol. The lowest BCUT2D eigenvalue weighted by Gasteiger charge is -2.11. The predicted molar refractivity (Wildman–Crippen MR) is 105 cm³/mol. The number of hydrogen-bond donors (Lipinski definition) is 2. The van der Waals surface area contributed by atoms with Crippen LogP contribution >= 0.6 is 11.8 Å². The first-order valence-electron chi connectivity index (χ1n) is 9.13. The Morgan fingerprint density at radius 1 is 1.36 bits per heavy atom. The Morgan fingerprint density at radius 3 is 2.86 bits per heavy atom. The van der Waals surface area contributed by atoms with Gasteiger partial charge in [-0.2, -0.15) is 0 Å². The maximum absolute atomic E-state index is 12.4. The Kier molecular flexibility index (Phi) is 5.08. The summed E-state index contributed by atoms with van der Waals surface area (Å²) in [5.41, 5.74) is 6.14. The summed E-state index contributed by atoms with van der Waals surface area (Å²) in [5, 5.41) is 12.8. The quantitative estimate of drug-likeness (QED) is 0.562. The molecule has 0 saturated heterocycles. The summed E-state index contributed by atoms with van der Waals surface area (Å²) >= 11 is 1.24. The van der Waals surface area contributed by atoms with Crippen molar-refractivity contribution in [1.29, 1.82) is 0 Å². The molecule has 1 aromatic carbocycles. The number of rotatable bonds is 8. The molecule has 1 unspecified atom stereocenters. The maximum Gasteiger partial charge on any atom is 0.237 e. The Labute approximate surface area is 165 Å². The predicted octanol–water partition coefficient (Wildman–Crippen LogP) is 2.36. The number of nitrogens with one attached hydrogen (secondary N) is 1. The molecule has 9 heteroatoms. The fourth-order valence-corrected chi connectivity index (χ4v) is 3.81. The van der Waals surface area contributed by atoms with Crippen molar-refractivity contribution < 1.29 is 14.0 Å². The molecule has 1 aliphatic carbocycles. The molecule has 2 heterocycles. The molecule has 1 atom stereocenters. The molecule has 8 nitrogen and oxygen atoms in total. The van der Waals surface area contributed by atoms with Crippen molar-refractivity contribution in [1.82, 2.24) is 20.1 Å². The van der Waals surface area contributed by atoms with Gasteiger partial charge < -0.3 is 15.5 Å². The average molecular weight is 399 g/mol. The van der Waals surface area contributed by atoms with Gasteiger partial charge in [0.15, 0.2) is 5.16 Å². The zero-order chi connectivity index (χ0) is 19.7. The van der Waals surface area contributed by atoms with Crippen LogP contribution in [-0.4, -0.2) is 32.3 Å². The minimum absolute atomic E-state index is 0.0260. The molecule has 0 bridgehead atoms. The molecular formula is C19H21N5O3S. The van der Waals surface area contributed by atoms with Crippen LogP contribution in [0.1, 0.15) is 43.3 Å². The topological polar surface area (TPSA) is 116 Å². The number of thioether (sulfide) groups is 1. The summed E-state index contributed by atoms with van der Waals surface area (Å²) in [5.74, 6) is 1.37. The van der Waals surface area contributed by atoms with Crippen LogP contribution in [0, 0.1) is 0 Å². The van der Waals surface area contributed by atoms with Gasteiger partial charge in [0.25, 0.3) is 0 Å². The van der Waals surface area contributed by atoms with E-state index in [1.54, 1.807) is 4.57 Å². The molecule has 3 N–H and O–H groups in total. The van der Waals surface area contributed by atoms with Gasteiger partial charge in [-0.25, -0.2) is 0 Å². The second-order valence-electron chi connectivity index (χ2n) is 6.93. The monoisotopic (exact) mass is 399 g/mol. The Balaban J connectivity index is 1.38. The molecule has 2 amide bonds. The van der Waals surface area contributed by atoms with E-state index in [1.807, 2.05) is 37.3 Å². The number of nitrogens with two attached hydrogens (primary N) is 1. The number of fused-ring (bicyclic) bond motifs is 1. The second kappa shape index (κ2) is 7.67. The van der Waals surface area contributed by atoms with Gasteiger partial charge in [0.05, 0.1) is 11.8 Å². The lowest BCUT2D eigenvalue weighted by Crippen LogP contribution is -2.28. The number of para-hydroxylation sites is 1. The van der Waals surface area contributed by atoms with Crippen molar-refractivity contribution in [2.45, 2.75) is 43.4 Å². The third kappa shape index (κ3) is 4.04. The van der Waals surface area contributed by atoms with Gasteiger partial charge in [0, 0.05) is 11.3 Å². The third-order valence-corrected chi connectivity index (χ3v) is 5.55. The zero-order valence-electron chi connectivity index (χ0n) is 15.4. The van der Waals surface area contributed by atoms with Crippen LogP contribution in [-0.2, 0) is 16.1 Å². The summed E-state index contributed by atoms with van der Waals surface area (Å²) in [6, 6.07) is 9.39. The van der Waals surface area contributed by atoms with Gasteiger partial charge in [0.1, 0.15) is 23.7 Å². The second-order valence-corrected chi connectivity index (χ2v) is 7.87. The third-order valence-electron chi connectivity index (χ3n) is 4.58. The highest BCUT2D eigenvalue weighted by Crippen LogP contribution is 2.40. The molecule has 28 heavy (non-hydrogen) atoms. The summed E-state index contributed by atoms with van der Waals surface area (Å²) in [4.78, 5) is 23.8. The molecule has 1 fully saturated rings. The highest BCUT2D eigenvalue weighted by molar-refractivity contribution is 7.99. The Hall–Kier alpha value is -2.81. The lowest BCUT2D eigenvalue weighted by atomic mass is 10.2. The van der Waals surface area contributed by atoms with Gasteiger partial charge in [-0.1, -0.05) is 30.0 Å². The molecule has 4 rings (SSSR count). The van der Waals surface area contributed by atoms with E-state index in [4.69, 9.17) is 10.2 Å². The van der Waals surface area contributed by atoms with E-state index in [-0.39, 0.29) is 24.2 Å². The highest BCUT2D eigenvalue weighted by atomic mass is 32.2. The standard InChI is InChI=1S/C19H21N5O3S/c1-11(15-8-13-4-2-3-5-14(13)27-15)21-17(26)10-28-19-23-22-18(12-6-7-12)24(19)9-16(20)25/h2-5,8,11-12H,6-7,9-10H2,1H3,(H2,20,25)(H,21,26). The van der Waals surface area contributed by atoms with E-state index in [9.17, 15) is 9.59 Å². The number of carbonyl (C=O) groups excluding carboxylic acids is 2. The molecule has 2 aromatic heterocycles. The van der Waals surface area contributed by atoms with E-state index >= 15 is 0 Å². The lowest BCUT2D eigenvalue weighted by molar-refractivity contribution is -0.119. The van der Waals surface area contributed by atoms with E-state index in [0.717, 1.165) is 29.6 Å². The van der Waals surface area contributed by atoms with Crippen LogP contribution in [0.5, 0.6) is 0 Å². The van der Waals surface area contributed by atoms with Crippen LogP contribution in [0.25, 0.3) is 11.0 Å². The number of hydrogen-bond acceptors (Lipinski definition) is 6. The molecule has 0 aliphatic heterocycles. The summed E-state index contributed by atoms with van der Waals surface area (Å²) in [6.45, 7) is 1.90. The molecule has 3 aromatic rings. The number of nitrogens with zero attached hydrogens (tertiary/aromatic N) is 3. The average Bonchev–Trinajstić information content (AvgIpc) is 3.28. The SMILES string of the molecule is CC(NC(=O)CSc1nnc(C2CC2)n1CC(N)=O)c1cc2ccccc2o1. The van der Waals surface area contributed by atoms with Gasteiger partial charge in [0.2, 0.25) is 11.8 Å².